The van der Waals surface area contributed by atoms with Crippen molar-refractivity contribution in [3.63, 3.8) is 0 Å². The van der Waals surface area contributed by atoms with Crippen LogP contribution in [0, 0.1) is 5.82 Å². The lowest BCUT2D eigenvalue weighted by molar-refractivity contribution is -0.214. The van der Waals surface area contributed by atoms with Gasteiger partial charge in [0.2, 0.25) is 0 Å². The number of aromatic nitrogens is 3. The molecule has 1 aromatic carbocycles. The van der Waals surface area contributed by atoms with Gasteiger partial charge in [-0.1, -0.05) is 17.3 Å². The topological polar surface area (TPSA) is 110 Å². The Labute approximate surface area is 137 Å². The second kappa shape index (κ2) is 7.32. The molecule has 3 rings (SSSR count). The highest BCUT2D eigenvalue weighted by atomic mass is 19.1. The van der Waals surface area contributed by atoms with Crippen LogP contribution in [0.25, 0.3) is 0 Å². The summed E-state index contributed by atoms with van der Waals surface area (Å²) in [6.45, 7) is 0.352. The van der Waals surface area contributed by atoms with E-state index in [1.165, 1.54) is 23.0 Å². The molecule has 0 radical (unpaired) electrons. The minimum atomic E-state index is -1.32. The summed E-state index contributed by atoms with van der Waals surface area (Å²) >= 11 is 0. The van der Waals surface area contributed by atoms with Gasteiger partial charge in [0, 0.05) is 0 Å². The number of hydrogen-bond donors (Lipinski definition) is 3. The van der Waals surface area contributed by atoms with Crippen molar-refractivity contribution in [2.75, 3.05) is 6.61 Å². The molecule has 4 atom stereocenters. The van der Waals surface area contributed by atoms with Crippen LogP contribution < -0.4 is 0 Å². The third kappa shape index (κ3) is 3.77. The van der Waals surface area contributed by atoms with Gasteiger partial charge in [0.25, 0.3) is 0 Å². The molecule has 0 aliphatic carbocycles. The molecule has 8 nitrogen and oxygen atoms in total. The van der Waals surface area contributed by atoms with Crippen molar-refractivity contribution < 1.29 is 29.2 Å². The Balaban J connectivity index is 1.54. The first-order chi connectivity index (χ1) is 11.5. The van der Waals surface area contributed by atoms with E-state index < -0.39 is 24.5 Å². The number of nitrogens with zero attached hydrogens (tertiary/aromatic N) is 3. The maximum absolute atomic E-state index is 12.8. The average molecular weight is 339 g/mol. The minimum absolute atomic E-state index is 0.112. The highest BCUT2D eigenvalue weighted by Gasteiger charge is 2.39. The van der Waals surface area contributed by atoms with E-state index in [1.54, 1.807) is 12.1 Å². The van der Waals surface area contributed by atoms with E-state index in [1.807, 2.05) is 0 Å². The molecule has 0 bridgehead atoms. The Morgan fingerprint density at radius 1 is 1.17 bits per heavy atom. The van der Waals surface area contributed by atoms with Crippen LogP contribution >= 0.6 is 0 Å². The van der Waals surface area contributed by atoms with E-state index in [0.29, 0.717) is 12.3 Å². The van der Waals surface area contributed by atoms with Crippen molar-refractivity contribution in [3.05, 3.63) is 47.5 Å². The summed E-state index contributed by atoms with van der Waals surface area (Å²) in [6, 6.07) is 5.98. The quantitative estimate of drug-likeness (QED) is 0.689. The van der Waals surface area contributed by atoms with Crippen molar-refractivity contribution in [1.29, 1.82) is 0 Å². The molecule has 9 heteroatoms. The van der Waals surface area contributed by atoms with Gasteiger partial charge in [0.15, 0.2) is 6.23 Å². The van der Waals surface area contributed by atoms with Gasteiger partial charge in [0.1, 0.15) is 29.8 Å². The lowest BCUT2D eigenvalue weighted by Gasteiger charge is -2.34. The van der Waals surface area contributed by atoms with Gasteiger partial charge < -0.3 is 24.8 Å². The Morgan fingerprint density at radius 2 is 1.92 bits per heavy atom. The highest BCUT2D eigenvalue weighted by molar-refractivity contribution is 5.15. The van der Waals surface area contributed by atoms with Gasteiger partial charge >= 0.3 is 0 Å². The van der Waals surface area contributed by atoms with Crippen molar-refractivity contribution >= 4 is 0 Å². The average Bonchev–Trinajstić information content (AvgIpc) is 3.03. The zero-order valence-electron chi connectivity index (χ0n) is 12.7. The molecule has 1 fully saturated rings. The SMILES string of the molecule is O[C@@H]1[C@@H](O)[C@H](n2cc(COCc3ccc(F)cc3)nn2)OC[C@H]1O. The number of ether oxygens (including phenoxy) is 2. The molecular weight excluding hydrogens is 321 g/mol. The van der Waals surface area contributed by atoms with Gasteiger partial charge in [-0.3, -0.25) is 0 Å². The summed E-state index contributed by atoms with van der Waals surface area (Å²) in [6.07, 6.45) is -3.17. The molecule has 2 heterocycles. The van der Waals surface area contributed by atoms with Crippen molar-refractivity contribution in [1.82, 2.24) is 15.0 Å². The smallest absolute Gasteiger partial charge is 0.180 e. The van der Waals surface area contributed by atoms with Gasteiger partial charge in [-0.2, -0.15) is 0 Å². The van der Waals surface area contributed by atoms with Crippen LogP contribution in [0.1, 0.15) is 17.5 Å². The van der Waals surface area contributed by atoms with Crippen LogP contribution in [-0.4, -0.2) is 55.2 Å². The normalized spacial score (nSPS) is 27.3. The molecule has 1 aromatic heterocycles. The van der Waals surface area contributed by atoms with Crippen LogP contribution in [0.3, 0.4) is 0 Å². The lowest BCUT2D eigenvalue weighted by Crippen LogP contribution is -2.50. The summed E-state index contributed by atoms with van der Waals surface area (Å²) < 4.78 is 24.8. The number of halogens is 1. The summed E-state index contributed by atoms with van der Waals surface area (Å²) in [7, 11) is 0. The van der Waals surface area contributed by atoms with Crippen molar-refractivity contribution in [3.8, 4) is 0 Å². The second-order valence-corrected chi connectivity index (χ2v) is 5.58. The van der Waals surface area contributed by atoms with E-state index in [4.69, 9.17) is 9.47 Å². The van der Waals surface area contributed by atoms with Crippen LogP contribution in [0.15, 0.2) is 30.5 Å². The molecule has 1 aliphatic heterocycles. The summed E-state index contributed by atoms with van der Waals surface area (Å²) in [5.41, 5.74) is 1.33. The second-order valence-electron chi connectivity index (χ2n) is 5.58. The highest BCUT2D eigenvalue weighted by Crippen LogP contribution is 2.23. The van der Waals surface area contributed by atoms with Gasteiger partial charge in [0.05, 0.1) is 26.0 Å². The Hall–Kier alpha value is -1.91. The fourth-order valence-electron chi connectivity index (χ4n) is 2.38. The Morgan fingerprint density at radius 3 is 2.67 bits per heavy atom. The predicted octanol–water partition coefficient (Wildman–Crippen LogP) is -0.255. The molecule has 130 valence electrons. The van der Waals surface area contributed by atoms with Gasteiger partial charge in [-0.25, -0.2) is 9.07 Å². The van der Waals surface area contributed by atoms with E-state index in [2.05, 4.69) is 10.3 Å². The predicted molar refractivity (Wildman–Crippen MR) is 77.9 cm³/mol. The van der Waals surface area contributed by atoms with E-state index in [-0.39, 0.29) is 19.0 Å². The van der Waals surface area contributed by atoms with E-state index in [9.17, 15) is 19.7 Å². The van der Waals surface area contributed by atoms with E-state index in [0.717, 1.165) is 5.56 Å². The van der Waals surface area contributed by atoms with Gasteiger partial charge in [-0.15, -0.1) is 5.10 Å². The number of aliphatic hydroxyl groups is 3. The van der Waals surface area contributed by atoms with Crippen LogP contribution in [0.2, 0.25) is 0 Å². The molecule has 0 spiro atoms. The fourth-order valence-corrected chi connectivity index (χ4v) is 2.38. The first-order valence-corrected chi connectivity index (χ1v) is 7.43. The third-order valence-corrected chi connectivity index (χ3v) is 3.72. The van der Waals surface area contributed by atoms with Crippen molar-refractivity contribution in [2.24, 2.45) is 0 Å². The largest absolute Gasteiger partial charge is 0.388 e. The fraction of sp³-hybridized carbons (Fsp3) is 0.467. The molecule has 2 aromatic rings. The number of aliphatic hydroxyl groups excluding tert-OH is 3. The molecule has 0 amide bonds. The number of rotatable bonds is 5. The first-order valence-electron chi connectivity index (χ1n) is 7.43. The molecule has 24 heavy (non-hydrogen) atoms. The Kier molecular flexibility index (Phi) is 5.17. The zero-order chi connectivity index (χ0) is 17.1. The number of benzene rings is 1. The molecule has 0 saturated carbocycles. The summed E-state index contributed by atoms with van der Waals surface area (Å²) in [5, 5.41) is 36.8. The lowest BCUT2D eigenvalue weighted by atomic mass is 10.0. The standard InChI is InChI=1S/C15H18FN3O5/c16-10-3-1-9(2-4-10)6-23-7-11-5-19(18-17-11)15-14(22)13(21)12(20)8-24-15/h1-5,12-15,20-22H,6-8H2/t12-,13+,14-,15-/m1/s1. The maximum atomic E-state index is 12.8. The molecular formula is C15H18FN3O5. The summed E-state index contributed by atoms with van der Waals surface area (Å²) in [5.74, 6) is -0.306. The molecule has 0 unspecified atom stereocenters. The van der Waals surface area contributed by atoms with Crippen LogP contribution in [0.4, 0.5) is 4.39 Å². The number of hydrogen-bond acceptors (Lipinski definition) is 7. The van der Waals surface area contributed by atoms with Crippen LogP contribution in [-0.2, 0) is 22.7 Å². The summed E-state index contributed by atoms with van der Waals surface area (Å²) in [4.78, 5) is 0. The van der Waals surface area contributed by atoms with Gasteiger partial charge in [-0.05, 0) is 17.7 Å². The monoisotopic (exact) mass is 339 g/mol. The minimum Gasteiger partial charge on any atom is -0.388 e. The van der Waals surface area contributed by atoms with Crippen LogP contribution in [0.5, 0.6) is 0 Å². The zero-order valence-corrected chi connectivity index (χ0v) is 12.7. The Bertz CT molecular complexity index is 665. The van der Waals surface area contributed by atoms with E-state index >= 15 is 0 Å². The maximum Gasteiger partial charge on any atom is 0.180 e. The molecule has 3 N–H and O–H groups in total. The van der Waals surface area contributed by atoms with Crippen molar-refractivity contribution in [2.45, 2.75) is 37.8 Å². The molecule has 1 aliphatic rings. The first kappa shape index (κ1) is 16.9. The molecule has 1 saturated heterocycles. The third-order valence-electron chi connectivity index (χ3n) is 3.72.